The maximum atomic E-state index is 12.5. The molecule has 1 rings (SSSR count). The molecule has 5 heteroatoms. The third-order valence-corrected chi connectivity index (χ3v) is 4.42. The maximum absolute atomic E-state index is 12.5. The van der Waals surface area contributed by atoms with Crippen LogP contribution in [0, 0.1) is 0 Å². The highest BCUT2D eigenvalue weighted by atomic mass is 32.2. The van der Waals surface area contributed by atoms with Crippen molar-refractivity contribution in [1.82, 2.24) is 4.90 Å². The minimum Gasteiger partial charge on any atom is -0.318 e. The summed E-state index contributed by atoms with van der Waals surface area (Å²) in [5.41, 5.74) is 0. The van der Waals surface area contributed by atoms with Crippen LogP contribution in [0.5, 0.6) is 0 Å². The van der Waals surface area contributed by atoms with Gasteiger partial charge >= 0.3 is 6.03 Å². The van der Waals surface area contributed by atoms with Crippen LogP contribution in [-0.4, -0.2) is 33.5 Å². The number of urea groups is 1. The van der Waals surface area contributed by atoms with Crippen LogP contribution < -0.4 is 0 Å². The van der Waals surface area contributed by atoms with Crippen LogP contribution in [0.2, 0.25) is 0 Å². The van der Waals surface area contributed by atoms with Crippen LogP contribution in [-0.2, 0) is 9.73 Å². The monoisotopic (exact) mass is 282 g/mol. The second-order valence-electron chi connectivity index (χ2n) is 5.08. The Hall–Kier alpha value is -1.36. The van der Waals surface area contributed by atoms with E-state index in [1.807, 2.05) is 33.8 Å². The van der Waals surface area contributed by atoms with Gasteiger partial charge < -0.3 is 4.90 Å². The zero-order valence-corrected chi connectivity index (χ0v) is 13.0. The van der Waals surface area contributed by atoms with Gasteiger partial charge in [0.05, 0.1) is 9.73 Å². The van der Waals surface area contributed by atoms with Crippen molar-refractivity contribution in [2.24, 2.45) is 4.36 Å². The molecule has 19 heavy (non-hydrogen) atoms. The first-order valence-electron chi connectivity index (χ1n) is 6.35. The predicted octanol–water partition coefficient (Wildman–Crippen LogP) is 3.38. The van der Waals surface area contributed by atoms with Crippen LogP contribution in [0.1, 0.15) is 27.7 Å². The molecule has 0 aliphatic carbocycles. The van der Waals surface area contributed by atoms with Crippen molar-refractivity contribution < 1.29 is 9.00 Å². The van der Waals surface area contributed by atoms with Gasteiger partial charge in [-0.2, -0.15) is 0 Å². The molecule has 0 saturated carbocycles. The van der Waals surface area contributed by atoms with E-state index in [1.54, 1.807) is 29.2 Å². The Morgan fingerprint density at radius 3 is 2.00 bits per heavy atom. The fourth-order valence-corrected chi connectivity index (χ4v) is 3.12. The van der Waals surface area contributed by atoms with Crippen LogP contribution in [0.25, 0.3) is 0 Å². The third kappa shape index (κ3) is 4.06. The van der Waals surface area contributed by atoms with Crippen LogP contribution in [0.4, 0.5) is 4.79 Å². The lowest BCUT2D eigenvalue weighted by atomic mass is 10.2. The smallest absolute Gasteiger partial charge is 0.318 e. The second kappa shape index (κ2) is 6.19. The van der Waals surface area contributed by atoms with Crippen LogP contribution >= 0.6 is 0 Å². The molecule has 0 radical (unpaired) electrons. The quantitative estimate of drug-likeness (QED) is 0.853. The van der Waals surface area contributed by atoms with E-state index in [2.05, 4.69) is 4.36 Å². The molecular formula is C14H22N2O2S. The van der Waals surface area contributed by atoms with E-state index in [0.29, 0.717) is 4.90 Å². The molecule has 2 amide bonds. The summed E-state index contributed by atoms with van der Waals surface area (Å²) in [5, 5.41) is 0. The number of benzene rings is 1. The van der Waals surface area contributed by atoms with Gasteiger partial charge in [-0.1, -0.05) is 18.2 Å². The molecular weight excluding hydrogens is 260 g/mol. The molecule has 0 bridgehead atoms. The standard InChI is InChI=1S/C14H22N2O2S/c1-11(2)16(12(3)4)14(17)15-19(5,18)13-9-7-6-8-10-13/h6-12H,1-5H3. The van der Waals surface area contributed by atoms with Gasteiger partial charge in [-0.25, -0.2) is 9.00 Å². The van der Waals surface area contributed by atoms with E-state index in [0.717, 1.165) is 0 Å². The van der Waals surface area contributed by atoms with E-state index < -0.39 is 15.8 Å². The Kier molecular flexibility index (Phi) is 5.11. The van der Waals surface area contributed by atoms with E-state index >= 15 is 0 Å². The third-order valence-electron chi connectivity index (χ3n) is 2.77. The van der Waals surface area contributed by atoms with Gasteiger partial charge in [-0.3, -0.25) is 0 Å². The van der Waals surface area contributed by atoms with Gasteiger partial charge in [0, 0.05) is 23.2 Å². The van der Waals surface area contributed by atoms with Crippen LogP contribution in [0.3, 0.4) is 0 Å². The lowest BCUT2D eigenvalue weighted by Gasteiger charge is -2.28. The highest BCUT2D eigenvalue weighted by molar-refractivity contribution is 7.93. The number of rotatable bonds is 3. The SMILES string of the molecule is CC(C)N(C(=O)N=S(C)(=O)c1ccccc1)C(C)C. The molecule has 0 aromatic heterocycles. The summed E-state index contributed by atoms with van der Waals surface area (Å²) in [6, 6.07) is 8.53. The molecule has 0 aliphatic rings. The minimum atomic E-state index is -2.69. The summed E-state index contributed by atoms with van der Waals surface area (Å²) in [7, 11) is -2.69. The number of carbonyl (C=O) groups is 1. The van der Waals surface area contributed by atoms with Crippen molar-refractivity contribution in [1.29, 1.82) is 0 Å². The Bertz CT molecular complexity index is 536. The van der Waals surface area contributed by atoms with E-state index in [-0.39, 0.29) is 12.1 Å². The highest BCUT2D eigenvalue weighted by Crippen LogP contribution is 2.14. The first-order valence-corrected chi connectivity index (χ1v) is 8.27. The molecule has 0 aliphatic heterocycles. The number of nitrogens with zero attached hydrogens (tertiary/aromatic N) is 2. The van der Waals surface area contributed by atoms with Gasteiger partial charge in [0.2, 0.25) is 0 Å². The molecule has 1 aromatic carbocycles. The van der Waals surface area contributed by atoms with Gasteiger partial charge in [0.1, 0.15) is 0 Å². The Balaban J connectivity index is 3.14. The molecule has 4 nitrogen and oxygen atoms in total. The molecule has 0 spiro atoms. The predicted molar refractivity (Wildman–Crippen MR) is 78.7 cm³/mol. The first-order chi connectivity index (χ1) is 8.75. The lowest BCUT2D eigenvalue weighted by Crippen LogP contribution is -2.40. The van der Waals surface area contributed by atoms with Crippen molar-refractivity contribution in [3.05, 3.63) is 30.3 Å². The zero-order chi connectivity index (χ0) is 14.6. The molecule has 0 saturated heterocycles. The first kappa shape index (κ1) is 15.7. The largest absolute Gasteiger partial charge is 0.352 e. The average Bonchev–Trinajstić information content (AvgIpc) is 2.28. The van der Waals surface area contributed by atoms with E-state index in [4.69, 9.17) is 0 Å². The summed E-state index contributed by atoms with van der Waals surface area (Å²) >= 11 is 0. The fraction of sp³-hybridized carbons (Fsp3) is 0.500. The summed E-state index contributed by atoms with van der Waals surface area (Å²) in [6.07, 6.45) is 1.50. The fourth-order valence-electron chi connectivity index (χ4n) is 1.96. The van der Waals surface area contributed by atoms with Crippen molar-refractivity contribution >= 4 is 15.8 Å². The number of hydrogen-bond donors (Lipinski definition) is 0. The van der Waals surface area contributed by atoms with E-state index in [9.17, 15) is 9.00 Å². The second-order valence-corrected chi connectivity index (χ2v) is 7.34. The topological polar surface area (TPSA) is 49.7 Å². The van der Waals surface area contributed by atoms with Gasteiger partial charge in [-0.05, 0) is 39.8 Å². The van der Waals surface area contributed by atoms with Crippen molar-refractivity contribution in [2.75, 3.05) is 6.26 Å². The summed E-state index contributed by atoms with van der Waals surface area (Å²) < 4.78 is 16.5. The molecule has 1 unspecified atom stereocenters. The average molecular weight is 282 g/mol. The van der Waals surface area contributed by atoms with Crippen LogP contribution in [0.15, 0.2) is 39.6 Å². The van der Waals surface area contributed by atoms with Gasteiger partial charge in [-0.15, -0.1) is 4.36 Å². The van der Waals surface area contributed by atoms with Crippen molar-refractivity contribution in [3.63, 3.8) is 0 Å². The molecule has 0 heterocycles. The molecule has 0 fully saturated rings. The number of carbonyl (C=O) groups excluding carboxylic acids is 1. The minimum absolute atomic E-state index is 0.0298. The normalized spacial score (nSPS) is 14.3. The van der Waals surface area contributed by atoms with Crippen molar-refractivity contribution in [2.45, 2.75) is 44.7 Å². The summed E-state index contributed by atoms with van der Waals surface area (Å²) in [6.45, 7) is 7.70. The lowest BCUT2D eigenvalue weighted by molar-refractivity contribution is 0.175. The Morgan fingerprint density at radius 2 is 1.58 bits per heavy atom. The number of amides is 2. The molecule has 0 N–H and O–H groups in total. The maximum Gasteiger partial charge on any atom is 0.352 e. The summed E-state index contributed by atoms with van der Waals surface area (Å²) in [4.78, 5) is 14.4. The number of hydrogen-bond acceptors (Lipinski definition) is 2. The highest BCUT2D eigenvalue weighted by Gasteiger charge is 2.21. The van der Waals surface area contributed by atoms with Gasteiger partial charge in [0.15, 0.2) is 0 Å². The molecule has 1 aromatic rings. The molecule has 106 valence electrons. The molecule has 1 atom stereocenters. The van der Waals surface area contributed by atoms with Gasteiger partial charge in [0.25, 0.3) is 0 Å². The Morgan fingerprint density at radius 1 is 1.11 bits per heavy atom. The van der Waals surface area contributed by atoms with E-state index in [1.165, 1.54) is 6.26 Å². The zero-order valence-electron chi connectivity index (χ0n) is 12.2. The van der Waals surface area contributed by atoms with Crippen molar-refractivity contribution in [3.8, 4) is 0 Å². The Labute approximate surface area is 116 Å². The summed E-state index contributed by atoms with van der Waals surface area (Å²) in [5.74, 6) is 0.